The molecule has 0 aliphatic carbocycles. The lowest BCUT2D eigenvalue weighted by Crippen LogP contribution is -2.56. The Labute approximate surface area is 144 Å². The van der Waals surface area contributed by atoms with Gasteiger partial charge in [-0.15, -0.1) is 0 Å². The van der Waals surface area contributed by atoms with Crippen molar-refractivity contribution in [3.8, 4) is 11.5 Å². The molecule has 0 aromatic heterocycles. The van der Waals surface area contributed by atoms with Crippen LogP contribution < -0.4 is 9.80 Å². The van der Waals surface area contributed by atoms with Crippen molar-refractivity contribution in [2.75, 3.05) is 9.80 Å². The van der Waals surface area contributed by atoms with Gasteiger partial charge in [0, 0.05) is 12.8 Å². The molecular weight excluding hydrogens is 320 g/mol. The van der Waals surface area contributed by atoms with Crippen molar-refractivity contribution in [1.29, 1.82) is 0 Å². The average molecular weight is 338 g/mol. The molecule has 0 radical (unpaired) electrons. The van der Waals surface area contributed by atoms with Gasteiger partial charge in [0.2, 0.25) is 11.8 Å². The summed E-state index contributed by atoms with van der Waals surface area (Å²) in [5, 5.41) is 20.5. The summed E-state index contributed by atoms with van der Waals surface area (Å²) in [4.78, 5) is 28.4. The summed E-state index contributed by atoms with van der Waals surface area (Å²) in [6.07, 6.45) is 1.48. The Bertz CT molecular complexity index is 793. The standard InChI is InChI=1S/C19H18N2O4/c22-15-7-3-1-5-13(15)20-17(24)9-11-19(20)12-10-18(25)21(19)14-6-2-4-8-16(14)23/h1-8,22-23H,9-12H2. The molecule has 2 saturated heterocycles. The minimum absolute atomic E-state index is 0.00583. The van der Waals surface area contributed by atoms with E-state index in [4.69, 9.17) is 0 Å². The number of phenolic OH excluding ortho intramolecular Hbond substituents is 2. The Balaban J connectivity index is 1.89. The van der Waals surface area contributed by atoms with E-state index in [0.29, 0.717) is 24.2 Å². The highest BCUT2D eigenvalue weighted by Gasteiger charge is 2.56. The van der Waals surface area contributed by atoms with Crippen LogP contribution in [0.1, 0.15) is 25.7 Å². The smallest absolute Gasteiger partial charge is 0.229 e. The molecular formula is C19H18N2O4. The van der Waals surface area contributed by atoms with Crippen molar-refractivity contribution in [3.05, 3.63) is 48.5 Å². The van der Waals surface area contributed by atoms with E-state index < -0.39 is 5.66 Å². The van der Waals surface area contributed by atoms with E-state index in [1.807, 2.05) is 0 Å². The minimum Gasteiger partial charge on any atom is -0.506 e. The molecule has 0 unspecified atom stereocenters. The number of hydrogen-bond donors (Lipinski definition) is 2. The van der Waals surface area contributed by atoms with Crippen molar-refractivity contribution in [2.24, 2.45) is 0 Å². The Morgan fingerprint density at radius 1 is 0.720 bits per heavy atom. The average Bonchev–Trinajstić information content (AvgIpc) is 3.10. The molecule has 4 rings (SSSR count). The molecule has 25 heavy (non-hydrogen) atoms. The van der Waals surface area contributed by atoms with Crippen molar-refractivity contribution >= 4 is 23.2 Å². The third-order valence-electron chi connectivity index (χ3n) is 5.06. The van der Waals surface area contributed by atoms with Gasteiger partial charge in [0.05, 0.1) is 11.4 Å². The molecule has 2 heterocycles. The fourth-order valence-corrected chi connectivity index (χ4v) is 4.00. The molecule has 128 valence electrons. The summed E-state index contributed by atoms with van der Waals surface area (Å²) in [6, 6.07) is 13.3. The first-order chi connectivity index (χ1) is 12.0. The number of para-hydroxylation sites is 4. The normalized spacial score (nSPS) is 19.2. The topological polar surface area (TPSA) is 81.1 Å². The van der Waals surface area contributed by atoms with E-state index in [9.17, 15) is 19.8 Å². The van der Waals surface area contributed by atoms with E-state index in [2.05, 4.69) is 0 Å². The third kappa shape index (κ3) is 2.17. The van der Waals surface area contributed by atoms with Gasteiger partial charge in [0.25, 0.3) is 0 Å². The molecule has 2 aromatic rings. The monoisotopic (exact) mass is 338 g/mol. The van der Waals surface area contributed by atoms with Crippen molar-refractivity contribution in [1.82, 2.24) is 0 Å². The van der Waals surface area contributed by atoms with Crippen LogP contribution in [-0.2, 0) is 9.59 Å². The van der Waals surface area contributed by atoms with Crippen LogP contribution in [0.15, 0.2) is 48.5 Å². The van der Waals surface area contributed by atoms with E-state index in [1.165, 1.54) is 21.9 Å². The van der Waals surface area contributed by atoms with Gasteiger partial charge < -0.3 is 10.2 Å². The highest BCUT2D eigenvalue weighted by Crippen LogP contribution is 2.50. The number of amides is 2. The maximum atomic E-state index is 12.7. The first-order valence-electron chi connectivity index (χ1n) is 8.27. The van der Waals surface area contributed by atoms with Gasteiger partial charge in [0.1, 0.15) is 17.2 Å². The molecule has 0 atom stereocenters. The lowest BCUT2D eigenvalue weighted by Gasteiger charge is -2.42. The molecule has 2 fully saturated rings. The van der Waals surface area contributed by atoms with Gasteiger partial charge >= 0.3 is 0 Å². The van der Waals surface area contributed by atoms with Crippen LogP contribution in [0, 0.1) is 0 Å². The molecule has 0 bridgehead atoms. The Morgan fingerprint density at radius 2 is 1.12 bits per heavy atom. The van der Waals surface area contributed by atoms with E-state index in [0.717, 1.165) is 0 Å². The number of hydrogen-bond acceptors (Lipinski definition) is 4. The van der Waals surface area contributed by atoms with Gasteiger partial charge in [-0.05, 0) is 37.1 Å². The van der Waals surface area contributed by atoms with E-state index in [1.54, 1.807) is 36.4 Å². The first-order valence-corrected chi connectivity index (χ1v) is 8.27. The van der Waals surface area contributed by atoms with E-state index in [-0.39, 0.29) is 36.2 Å². The van der Waals surface area contributed by atoms with Crippen LogP contribution in [0.2, 0.25) is 0 Å². The Kier molecular flexibility index (Phi) is 3.42. The second-order valence-electron chi connectivity index (χ2n) is 6.42. The first kappa shape index (κ1) is 15.5. The van der Waals surface area contributed by atoms with Crippen molar-refractivity contribution in [3.63, 3.8) is 0 Å². The quantitative estimate of drug-likeness (QED) is 0.882. The second kappa shape index (κ2) is 5.51. The number of phenols is 2. The molecule has 6 nitrogen and oxygen atoms in total. The Hall–Kier alpha value is -3.02. The maximum absolute atomic E-state index is 12.7. The highest BCUT2D eigenvalue weighted by atomic mass is 16.3. The van der Waals surface area contributed by atoms with Crippen molar-refractivity contribution in [2.45, 2.75) is 31.3 Å². The maximum Gasteiger partial charge on any atom is 0.229 e. The number of carbonyl (C=O) groups is 2. The predicted molar refractivity (Wildman–Crippen MR) is 92.4 cm³/mol. The molecule has 2 amide bonds. The fourth-order valence-electron chi connectivity index (χ4n) is 4.00. The van der Waals surface area contributed by atoms with Crippen LogP contribution in [-0.4, -0.2) is 27.7 Å². The number of aromatic hydroxyl groups is 2. The molecule has 2 N–H and O–H groups in total. The lowest BCUT2D eigenvalue weighted by atomic mass is 10.0. The molecule has 2 aromatic carbocycles. The predicted octanol–water partition coefficient (Wildman–Crippen LogP) is 2.75. The summed E-state index contributed by atoms with van der Waals surface area (Å²) in [6.45, 7) is 0. The van der Waals surface area contributed by atoms with Crippen LogP contribution in [0.3, 0.4) is 0 Å². The van der Waals surface area contributed by atoms with Gasteiger partial charge in [-0.3, -0.25) is 19.4 Å². The summed E-state index contributed by atoms with van der Waals surface area (Å²) >= 11 is 0. The number of anilines is 2. The largest absolute Gasteiger partial charge is 0.506 e. The van der Waals surface area contributed by atoms with Crippen LogP contribution in [0.5, 0.6) is 11.5 Å². The molecule has 6 heteroatoms. The van der Waals surface area contributed by atoms with Crippen LogP contribution in [0.4, 0.5) is 11.4 Å². The minimum atomic E-state index is -0.897. The van der Waals surface area contributed by atoms with Crippen LogP contribution >= 0.6 is 0 Å². The van der Waals surface area contributed by atoms with Crippen LogP contribution in [0.25, 0.3) is 0 Å². The zero-order chi connectivity index (χ0) is 17.6. The van der Waals surface area contributed by atoms with Gasteiger partial charge in [-0.2, -0.15) is 0 Å². The van der Waals surface area contributed by atoms with E-state index >= 15 is 0 Å². The summed E-state index contributed by atoms with van der Waals surface area (Å²) in [7, 11) is 0. The van der Waals surface area contributed by atoms with Gasteiger partial charge in [-0.1, -0.05) is 24.3 Å². The number of rotatable bonds is 2. The second-order valence-corrected chi connectivity index (χ2v) is 6.42. The molecule has 0 saturated carbocycles. The Morgan fingerprint density at radius 3 is 1.52 bits per heavy atom. The molecule has 2 aliphatic heterocycles. The van der Waals surface area contributed by atoms with Gasteiger partial charge in [0.15, 0.2) is 0 Å². The number of benzene rings is 2. The summed E-state index contributed by atoms with van der Waals surface area (Å²) in [5.41, 5.74) is -0.119. The number of nitrogens with zero attached hydrogens (tertiary/aromatic N) is 2. The zero-order valence-electron chi connectivity index (χ0n) is 13.6. The van der Waals surface area contributed by atoms with Crippen molar-refractivity contribution < 1.29 is 19.8 Å². The summed E-state index contributed by atoms with van der Waals surface area (Å²) < 4.78 is 0. The SMILES string of the molecule is O=C1CCC2(CCC(=O)N2c2ccccc2O)N1c1ccccc1O. The lowest BCUT2D eigenvalue weighted by molar-refractivity contribution is -0.117. The summed E-state index contributed by atoms with van der Waals surface area (Å²) in [5.74, 6) is -0.296. The highest BCUT2D eigenvalue weighted by molar-refractivity contribution is 6.06. The molecule has 1 spiro atoms. The fraction of sp³-hybridized carbons (Fsp3) is 0.263. The zero-order valence-corrected chi connectivity index (χ0v) is 13.6. The molecule has 2 aliphatic rings. The third-order valence-corrected chi connectivity index (χ3v) is 5.06. The number of carbonyl (C=O) groups excluding carboxylic acids is 2. The van der Waals surface area contributed by atoms with Gasteiger partial charge in [-0.25, -0.2) is 0 Å².